The Morgan fingerprint density at radius 3 is 2.23 bits per heavy atom. The maximum atomic E-state index is 12.9. The van der Waals surface area contributed by atoms with Crippen LogP contribution in [0.1, 0.15) is 26.7 Å². The molecule has 2 nitrogen and oxygen atoms in total. The van der Waals surface area contributed by atoms with Gasteiger partial charge in [-0.05, 0) is 13.8 Å². The summed E-state index contributed by atoms with van der Waals surface area (Å²) in [5, 5.41) is 2.22. The van der Waals surface area contributed by atoms with E-state index >= 15 is 0 Å². The van der Waals surface area contributed by atoms with Crippen LogP contribution in [0.2, 0.25) is 0 Å². The summed E-state index contributed by atoms with van der Waals surface area (Å²) in [6.45, 7) is 2.19. The van der Waals surface area contributed by atoms with Crippen LogP contribution in [-0.2, 0) is 4.79 Å². The van der Waals surface area contributed by atoms with E-state index in [-0.39, 0.29) is 12.8 Å². The monoisotopic (exact) mass is 195 g/mol. The molecule has 0 bridgehead atoms. The van der Waals surface area contributed by atoms with E-state index in [2.05, 4.69) is 5.32 Å². The Morgan fingerprint density at radius 2 is 1.92 bits per heavy atom. The van der Waals surface area contributed by atoms with Crippen molar-refractivity contribution in [1.29, 1.82) is 0 Å². The molecule has 1 saturated carbocycles. The Balaban J connectivity index is 2.33. The third-order valence-electron chi connectivity index (χ3n) is 1.97. The van der Waals surface area contributed by atoms with Crippen LogP contribution in [0.5, 0.6) is 0 Å². The van der Waals surface area contributed by atoms with Crippen molar-refractivity contribution in [2.24, 2.45) is 0 Å². The van der Waals surface area contributed by atoms with E-state index in [1.54, 1.807) is 0 Å². The average molecular weight is 195 g/mol. The Hall–Kier alpha value is -0.740. The number of rotatable bonds is 2. The molecular formula is C8H12F3NO. The van der Waals surface area contributed by atoms with Crippen molar-refractivity contribution in [1.82, 2.24) is 5.32 Å². The Labute approximate surface area is 74.5 Å². The minimum absolute atomic E-state index is 0.380. The molecular weight excluding hydrogens is 183 g/mol. The fourth-order valence-electron chi connectivity index (χ4n) is 1.12. The second-order valence-corrected chi connectivity index (χ2v) is 3.91. The van der Waals surface area contributed by atoms with Gasteiger partial charge in [0, 0.05) is 18.9 Å². The number of alkyl halides is 3. The number of carbonyl (C=O) groups excluding carboxylic acids is 1. The minimum Gasteiger partial charge on any atom is -0.350 e. The molecule has 1 aliphatic rings. The Morgan fingerprint density at radius 1 is 1.46 bits per heavy atom. The highest BCUT2D eigenvalue weighted by molar-refractivity contribution is 5.84. The van der Waals surface area contributed by atoms with Gasteiger partial charge in [0.25, 0.3) is 11.8 Å². The van der Waals surface area contributed by atoms with E-state index in [1.165, 1.54) is 0 Å². The van der Waals surface area contributed by atoms with Crippen LogP contribution in [0.25, 0.3) is 0 Å². The van der Waals surface area contributed by atoms with Gasteiger partial charge < -0.3 is 5.32 Å². The van der Waals surface area contributed by atoms with Crippen LogP contribution in [0.3, 0.4) is 0 Å². The molecule has 0 radical (unpaired) electrons. The topological polar surface area (TPSA) is 29.1 Å². The first-order valence-corrected chi connectivity index (χ1v) is 4.08. The van der Waals surface area contributed by atoms with Crippen molar-refractivity contribution in [2.45, 2.75) is 44.3 Å². The molecule has 0 aromatic heterocycles. The van der Waals surface area contributed by atoms with Crippen molar-refractivity contribution in [3.63, 3.8) is 0 Å². The van der Waals surface area contributed by atoms with Crippen molar-refractivity contribution < 1.29 is 18.0 Å². The smallest absolute Gasteiger partial charge is 0.257 e. The lowest BCUT2D eigenvalue weighted by Gasteiger charge is -2.36. The van der Waals surface area contributed by atoms with Gasteiger partial charge in [-0.3, -0.25) is 4.79 Å². The summed E-state index contributed by atoms with van der Waals surface area (Å²) >= 11 is 0. The van der Waals surface area contributed by atoms with Crippen LogP contribution < -0.4 is 5.32 Å². The lowest BCUT2D eigenvalue weighted by Crippen LogP contribution is -2.54. The number of hydrogen-bond acceptors (Lipinski definition) is 1. The summed E-state index contributed by atoms with van der Waals surface area (Å²) in [4.78, 5) is 10.9. The van der Waals surface area contributed by atoms with E-state index in [9.17, 15) is 18.0 Å². The molecule has 1 fully saturated rings. The Bertz CT molecular complexity index is 214. The molecule has 5 heteroatoms. The van der Waals surface area contributed by atoms with E-state index in [0.717, 1.165) is 13.8 Å². The van der Waals surface area contributed by atoms with Crippen LogP contribution in [0, 0.1) is 0 Å². The molecule has 13 heavy (non-hydrogen) atoms. The molecule has 1 amide bonds. The van der Waals surface area contributed by atoms with E-state index in [4.69, 9.17) is 0 Å². The Kier molecular flexibility index (Phi) is 2.30. The predicted molar refractivity (Wildman–Crippen MR) is 41.3 cm³/mol. The van der Waals surface area contributed by atoms with Gasteiger partial charge in [0.1, 0.15) is 0 Å². The van der Waals surface area contributed by atoms with Crippen molar-refractivity contribution in [3.8, 4) is 0 Å². The highest BCUT2D eigenvalue weighted by Gasteiger charge is 2.47. The first kappa shape index (κ1) is 10.3. The van der Waals surface area contributed by atoms with E-state index < -0.39 is 23.5 Å². The van der Waals surface area contributed by atoms with Gasteiger partial charge in [0.2, 0.25) is 0 Å². The summed E-state index contributed by atoms with van der Waals surface area (Å²) in [5.74, 6) is -3.51. The quantitative estimate of drug-likeness (QED) is 0.713. The number of halogens is 3. The third-order valence-corrected chi connectivity index (χ3v) is 1.97. The van der Waals surface area contributed by atoms with Crippen LogP contribution >= 0.6 is 0 Å². The van der Waals surface area contributed by atoms with Gasteiger partial charge in [0.05, 0.1) is 0 Å². The molecule has 0 saturated heterocycles. The fourth-order valence-corrected chi connectivity index (χ4v) is 1.12. The molecule has 0 aliphatic heterocycles. The van der Waals surface area contributed by atoms with Gasteiger partial charge in [-0.25, -0.2) is 13.2 Å². The zero-order chi connectivity index (χ0) is 10.3. The van der Waals surface area contributed by atoms with Gasteiger partial charge in [-0.1, -0.05) is 0 Å². The number of carbonyl (C=O) groups is 1. The molecule has 1 N–H and O–H groups in total. The maximum Gasteiger partial charge on any atom is 0.257 e. The molecule has 0 heterocycles. The second-order valence-electron chi connectivity index (χ2n) is 3.91. The second kappa shape index (κ2) is 2.89. The minimum atomic E-state index is -2.68. The van der Waals surface area contributed by atoms with Gasteiger partial charge in [0.15, 0.2) is 5.67 Å². The standard InChI is InChI=1S/C8H12F3NO/c1-7(2,9)6(13)12-5-3-8(10,11)4-5/h5H,3-4H2,1-2H3,(H,12,13). The van der Waals surface area contributed by atoms with Crippen LogP contribution in [-0.4, -0.2) is 23.5 Å². The molecule has 0 unspecified atom stereocenters. The molecule has 1 aliphatic carbocycles. The predicted octanol–water partition coefficient (Wildman–Crippen LogP) is 1.65. The van der Waals surface area contributed by atoms with E-state index in [1.807, 2.05) is 0 Å². The first-order chi connectivity index (χ1) is 5.71. The normalized spacial score (nSPS) is 22.2. The molecule has 0 spiro atoms. The van der Waals surface area contributed by atoms with Gasteiger partial charge in [-0.2, -0.15) is 0 Å². The molecule has 1 rings (SSSR count). The molecule has 0 aromatic carbocycles. The van der Waals surface area contributed by atoms with Gasteiger partial charge >= 0.3 is 0 Å². The molecule has 76 valence electrons. The summed E-state index contributed by atoms with van der Waals surface area (Å²) in [6, 6.07) is -0.572. The SMILES string of the molecule is CC(C)(F)C(=O)NC1CC(F)(F)C1. The van der Waals surface area contributed by atoms with E-state index in [0.29, 0.717) is 0 Å². The fraction of sp³-hybridized carbons (Fsp3) is 0.875. The number of nitrogens with one attached hydrogen (secondary N) is 1. The zero-order valence-electron chi connectivity index (χ0n) is 7.53. The van der Waals surface area contributed by atoms with Crippen LogP contribution in [0.4, 0.5) is 13.2 Å². The van der Waals surface area contributed by atoms with Crippen molar-refractivity contribution >= 4 is 5.91 Å². The summed E-state index contributed by atoms with van der Waals surface area (Å²) in [7, 11) is 0. The largest absolute Gasteiger partial charge is 0.350 e. The average Bonchev–Trinajstić information content (AvgIpc) is 1.80. The van der Waals surface area contributed by atoms with Crippen LogP contribution in [0.15, 0.2) is 0 Å². The lowest BCUT2D eigenvalue weighted by molar-refractivity contribution is -0.138. The van der Waals surface area contributed by atoms with Gasteiger partial charge in [-0.15, -0.1) is 0 Å². The highest BCUT2D eigenvalue weighted by atomic mass is 19.3. The zero-order valence-corrected chi connectivity index (χ0v) is 7.53. The summed E-state index contributed by atoms with van der Waals surface area (Å²) in [6.07, 6.45) is -0.760. The van der Waals surface area contributed by atoms with Crippen molar-refractivity contribution in [3.05, 3.63) is 0 Å². The molecule has 0 atom stereocenters. The molecule has 0 aromatic rings. The third kappa shape index (κ3) is 2.60. The maximum absolute atomic E-state index is 12.9. The lowest BCUT2D eigenvalue weighted by atomic mass is 9.88. The summed E-state index contributed by atoms with van der Waals surface area (Å²) < 4.78 is 37.5. The number of hydrogen-bond donors (Lipinski definition) is 1. The highest BCUT2D eigenvalue weighted by Crippen LogP contribution is 2.37. The van der Waals surface area contributed by atoms with Crippen molar-refractivity contribution in [2.75, 3.05) is 0 Å². The summed E-state index contributed by atoms with van der Waals surface area (Å²) in [5.41, 5.74) is -2.00. The number of amides is 1. The first-order valence-electron chi connectivity index (χ1n) is 4.08.